The zero-order valence-electron chi connectivity index (χ0n) is 19.1. The Bertz CT molecular complexity index is 1260. The Balaban J connectivity index is 1.85. The van der Waals surface area contributed by atoms with Gasteiger partial charge in [0.1, 0.15) is 17.2 Å². The normalized spacial score (nSPS) is 13.5. The second-order valence-electron chi connectivity index (χ2n) is 7.75. The molecular weight excluding hydrogens is 416 g/mol. The van der Waals surface area contributed by atoms with Gasteiger partial charge < -0.3 is 14.8 Å². The molecule has 0 spiro atoms. The maximum Gasteiger partial charge on any atom is 0.282 e. The van der Waals surface area contributed by atoms with Gasteiger partial charge in [0.2, 0.25) is 0 Å². The minimum atomic E-state index is -0.441. The lowest BCUT2D eigenvalue weighted by molar-refractivity contribution is -0.120. The molecule has 0 saturated carbocycles. The molecule has 4 rings (SSSR count). The number of aryl methyl sites for hydroxylation is 2. The predicted octanol–water partition coefficient (Wildman–Crippen LogP) is 5.11. The Kier molecular flexibility index (Phi) is 6.18. The van der Waals surface area contributed by atoms with Gasteiger partial charge in [-0.3, -0.25) is 9.59 Å². The number of anilines is 2. The van der Waals surface area contributed by atoms with Crippen molar-refractivity contribution in [1.29, 1.82) is 0 Å². The van der Waals surface area contributed by atoms with E-state index in [4.69, 9.17) is 9.47 Å². The molecule has 1 aliphatic rings. The molecule has 6 heteroatoms. The average molecular weight is 443 g/mol. The summed E-state index contributed by atoms with van der Waals surface area (Å²) in [5.41, 5.74) is 4.41. The third-order valence-electron chi connectivity index (χ3n) is 5.62. The van der Waals surface area contributed by atoms with Crippen molar-refractivity contribution < 1.29 is 19.1 Å². The average Bonchev–Trinajstić information content (AvgIpc) is 3.05. The summed E-state index contributed by atoms with van der Waals surface area (Å²) in [5, 5.41) is 3.18. The molecule has 3 aromatic carbocycles. The summed E-state index contributed by atoms with van der Waals surface area (Å²) in [5.74, 6) is 0.274. The number of carbonyl (C=O) groups excluding carboxylic acids is 2. The highest BCUT2D eigenvalue weighted by atomic mass is 16.5. The van der Waals surface area contributed by atoms with Crippen molar-refractivity contribution in [1.82, 2.24) is 0 Å². The van der Waals surface area contributed by atoms with Crippen molar-refractivity contribution in [2.75, 3.05) is 23.9 Å². The molecule has 1 heterocycles. The van der Waals surface area contributed by atoms with Crippen molar-refractivity contribution in [3.63, 3.8) is 0 Å². The van der Waals surface area contributed by atoms with E-state index in [2.05, 4.69) is 5.32 Å². The number of amides is 2. The maximum absolute atomic E-state index is 13.7. The molecule has 33 heavy (non-hydrogen) atoms. The van der Waals surface area contributed by atoms with Crippen molar-refractivity contribution in [2.24, 2.45) is 0 Å². The van der Waals surface area contributed by atoms with E-state index in [9.17, 15) is 9.59 Å². The van der Waals surface area contributed by atoms with Crippen LogP contribution >= 0.6 is 0 Å². The smallest absolute Gasteiger partial charge is 0.282 e. The minimum Gasteiger partial charge on any atom is -0.497 e. The van der Waals surface area contributed by atoms with Gasteiger partial charge >= 0.3 is 0 Å². The molecule has 168 valence electrons. The van der Waals surface area contributed by atoms with Crippen LogP contribution in [0.4, 0.5) is 11.4 Å². The molecule has 0 saturated heterocycles. The molecule has 0 bridgehead atoms. The lowest BCUT2D eigenvalue weighted by Gasteiger charge is -2.19. The minimum absolute atomic E-state index is 0.211. The molecule has 0 fully saturated rings. The van der Waals surface area contributed by atoms with E-state index < -0.39 is 11.8 Å². The van der Waals surface area contributed by atoms with Crippen LogP contribution in [-0.2, 0) is 9.59 Å². The Morgan fingerprint density at radius 3 is 2.39 bits per heavy atom. The molecule has 1 aliphatic heterocycles. The summed E-state index contributed by atoms with van der Waals surface area (Å²) in [6.07, 6.45) is 0. The largest absolute Gasteiger partial charge is 0.497 e. The number of carbonyl (C=O) groups is 2. The fourth-order valence-electron chi connectivity index (χ4n) is 3.79. The summed E-state index contributed by atoms with van der Waals surface area (Å²) in [6.45, 7) is 6.27. The fourth-order valence-corrected chi connectivity index (χ4v) is 3.79. The molecular formula is C27H26N2O4. The summed E-state index contributed by atoms with van der Waals surface area (Å²) in [6, 6.07) is 20.0. The van der Waals surface area contributed by atoms with Gasteiger partial charge in [-0.2, -0.15) is 0 Å². The molecule has 6 nitrogen and oxygen atoms in total. The lowest BCUT2D eigenvalue weighted by atomic mass is 9.99. The van der Waals surface area contributed by atoms with Crippen molar-refractivity contribution >= 4 is 28.8 Å². The Labute approximate surface area is 193 Å². The Morgan fingerprint density at radius 1 is 0.879 bits per heavy atom. The van der Waals surface area contributed by atoms with E-state index in [-0.39, 0.29) is 5.70 Å². The number of rotatable bonds is 7. The van der Waals surface area contributed by atoms with Crippen LogP contribution in [0.3, 0.4) is 0 Å². The van der Waals surface area contributed by atoms with Gasteiger partial charge in [-0.05, 0) is 61.7 Å². The van der Waals surface area contributed by atoms with E-state index in [1.807, 2.05) is 63.2 Å². The number of nitrogens with one attached hydrogen (secondary N) is 1. The maximum atomic E-state index is 13.7. The number of hydrogen-bond donors (Lipinski definition) is 1. The zero-order chi connectivity index (χ0) is 23.5. The third kappa shape index (κ3) is 4.20. The van der Waals surface area contributed by atoms with Gasteiger partial charge in [0.05, 0.1) is 25.0 Å². The summed E-state index contributed by atoms with van der Waals surface area (Å²) in [4.78, 5) is 28.6. The Morgan fingerprint density at radius 2 is 1.67 bits per heavy atom. The van der Waals surface area contributed by atoms with E-state index in [0.29, 0.717) is 40.6 Å². The summed E-state index contributed by atoms with van der Waals surface area (Å²) < 4.78 is 11.0. The molecule has 0 unspecified atom stereocenters. The zero-order valence-corrected chi connectivity index (χ0v) is 19.1. The van der Waals surface area contributed by atoms with Gasteiger partial charge in [0, 0.05) is 11.8 Å². The van der Waals surface area contributed by atoms with Gasteiger partial charge in [-0.15, -0.1) is 0 Å². The van der Waals surface area contributed by atoms with Crippen LogP contribution in [0.2, 0.25) is 0 Å². The monoisotopic (exact) mass is 442 g/mol. The summed E-state index contributed by atoms with van der Waals surface area (Å²) >= 11 is 0. The molecule has 0 radical (unpaired) electrons. The molecule has 1 N–H and O–H groups in total. The highest BCUT2D eigenvalue weighted by Crippen LogP contribution is 2.38. The van der Waals surface area contributed by atoms with Crippen molar-refractivity contribution in [2.45, 2.75) is 20.8 Å². The first-order valence-corrected chi connectivity index (χ1v) is 10.8. The second-order valence-corrected chi connectivity index (χ2v) is 7.75. The molecule has 2 amide bonds. The number of imide groups is 1. The topological polar surface area (TPSA) is 67.9 Å². The van der Waals surface area contributed by atoms with Gasteiger partial charge in [-0.1, -0.05) is 36.4 Å². The van der Waals surface area contributed by atoms with Gasteiger partial charge in [-0.25, -0.2) is 4.90 Å². The number of nitrogens with zero attached hydrogens (tertiary/aromatic N) is 1. The molecule has 0 aromatic heterocycles. The van der Waals surface area contributed by atoms with Crippen LogP contribution in [0.1, 0.15) is 23.6 Å². The predicted molar refractivity (Wildman–Crippen MR) is 130 cm³/mol. The van der Waals surface area contributed by atoms with Crippen LogP contribution in [0.5, 0.6) is 11.5 Å². The summed E-state index contributed by atoms with van der Waals surface area (Å²) in [7, 11) is 1.58. The number of ether oxygens (including phenoxy) is 2. The van der Waals surface area contributed by atoms with Crippen molar-refractivity contribution in [3.8, 4) is 11.5 Å². The highest BCUT2D eigenvalue weighted by molar-refractivity contribution is 6.46. The number of para-hydroxylation sites is 2. The van der Waals surface area contributed by atoms with E-state index in [1.165, 1.54) is 4.90 Å². The van der Waals surface area contributed by atoms with E-state index >= 15 is 0 Å². The molecule has 0 aliphatic carbocycles. The quantitative estimate of drug-likeness (QED) is 0.515. The molecule has 3 aromatic rings. The highest BCUT2D eigenvalue weighted by Gasteiger charge is 2.41. The van der Waals surface area contributed by atoms with Crippen LogP contribution in [0, 0.1) is 13.8 Å². The SMILES string of the molecule is CCOc1ccccc1N1C(=O)C(Nc2cccc(OC)c2)=C(c2ccc(C)c(C)c2)C1=O. The van der Waals surface area contributed by atoms with Crippen LogP contribution < -0.4 is 19.7 Å². The van der Waals surface area contributed by atoms with Crippen LogP contribution in [-0.4, -0.2) is 25.5 Å². The standard InChI is InChI=1S/C27H26N2O4/c1-5-33-23-12-7-6-11-22(23)29-26(30)24(19-14-13-17(2)18(3)15-19)25(27(29)31)28-20-9-8-10-21(16-20)32-4/h6-16,28H,5H2,1-4H3. The Hall–Kier alpha value is -4.06. The second kappa shape index (κ2) is 9.20. The lowest BCUT2D eigenvalue weighted by Crippen LogP contribution is -2.32. The molecule has 0 atom stereocenters. The van der Waals surface area contributed by atoms with Gasteiger partial charge in [0.15, 0.2) is 0 Å². The number of benzene rings is 3. The third-order valence-corrected chi connectivity index (χ3v) is 5.62. The number of hydrogen-bond acceptors (Lipinski definition) is 5. The van der Waals surface area contributed by atoms with Crippen LogP contribution in [0.25, 0.3) is 5.57 Å². The van der Waals surface area contributed by atoms with E-state index in [0.717, 1.165) is 11.1 Å². The fraction of sp³-hybridized carbons (Fsp3) is 0.185. The first kappa shape index (κ1) is 22.1. The van der Waals surface area contributed by atoms with E-state index in [1.54, 1.807) is 31.4 Å². The first-order chi connectivity index (χ1) is 15.9. The van der Waals surface area contributed by atoms with Crippen LogP contribution in [0.15, 0.2) is 72.4 Å². The van der Waals surface area contributed by atoms with Gasteiger partial charge in [0.25, 0.3) is 11.8 Å². The number of methoxy groups -OCH3 is 1. The first-order valence-electron chi connectivity index (χ1n) is 10.8. The van der Waals surface area contributed by atoms with Crippen molar-refractivity contribution in [3.05, 3.63) is 89.1 Å².